The molecule has 45 heavy (non-hydrogen) atoms. The highest BCUT2D eigenvalue weighted by Gasteiger charge is 2.34. The molecule has 0 aliphatic carbocycles. The molecule has 0 radical (unpaired) electrons. The van der Waals surface area contributed by atoms with Gasteiger partial charge in [-0.2, -0.15) is 0 Å². The number of carbonyl (C=O) groups excluding carboxylic acids is 1. The molecule has 1 heterocycles. The van der Waals surface area contributed by atoms with Crippen LogP contribution < -0.4 is 0 Å². The van der Waals surface area contributed by atoms with Crippen LogP contribution in [0.5, 0.6) is 0 Å². The Kier molecular flexibility index (Phi) is 21.5. The fourth-order valence-electron chi connectivity index (χ4n) is 3.87. The number of aromatic nitrogens is 3. The molecule has 0 aliphatic rings. The van der Waals surface area contributed by atoms with E-state index in [1.165, 1.54) is 16.5 Å². The highest BCUT2D eigenvalue weighted by atomic mass is 16.6. The van der Waals surface area contributed by atoms with Crippen molar-refractivity contribution >= 4 is 5.78 Å². The minimum absolute atomic E-state index is 0.0288. The Bertz CT molecular complexity index is 870. The molecule has 0 aliphatic heterocycles. The van der Waals surface area contributed by atoms with Gasteiger partial charge in [0.25, 0.3) is 0 Å². The predicted octanol–water partition coefficient (Wildman–Crippen LogP) is -6.39. The van der Waals surface area contributed by atoms with Crippen molar-refractivity contribution in [2.24, 2.45) is 0 Å². The van der Waals surface area contributed by atoms with Gasteiger partial charge in [0.15, 0.2) is 5.78 Å². The standard InChI is InChI=1S/C26H50N4O15/c1-17(33)10-30-11-18(27-28-30)16-45-9-8-44-7-6-43-5-4-42-3-2-29(12-19(34)23(38)25(40)21(36)14-31)13-20(35)24(39)26(41)22(37)15-32/h11,19-26,31-32,34-41H,2-10,12-16H2,1H3/t19-,20-,21+,22+,23+,24+,25+,26+/m0/s1. The third-order valence-electron chi connectivity index (χ3n) is 6.43. The second-order valence-electron chi connectivity index (χ2n) is 10.4. The lowest BCUT2D eigenvalue weighted by molar-refractivity contribution is -0.131. The zero-order valence-corrected chi connectivity index (χ0v) is 25.4. The molecule has 1 aromatic heterocycles. The summed E-state index contributed by atoms with van der Waals surface area (Å²) < 4.78 is 23.2. The first-order valence-corrected chi connectivity index (χ1v) is 14.5. The van der Waals surface area contributed by atoms with Gasteiger partial charge in [0.1, 0.15) is 48.9 Å². The van der Waals surface area contributed by atoms with Crippen molar-refractivity contribution in [1.29, 1.82) is 0 Å². The van der Waals surface area contributed by atoms with Crippen LogP contribution in [0.2, 0.25) is 0 Å². The van der Waals surface area contributed by atoms with Crippen LogP contribution in [0.4, 0.5) is 0 Å². The summed E-state index contributed by atoms with van der Waals surface area (Å²) in [6.45, 7) is 1.02. The zero-order chi connectivity index (χ0) is 33.8. The Morgan fingerprint density at radius 2 is 1.13 bits per heavy atom. The summed E-state index contributed by atoms with van der Waals surface area (Å²) in [5, 5.41) is 105. The summed E-state index contributed by atoms with van der Waals surface area (Å²) in [5.74, 6) is -0.0324. The molecule has 8 atom stereocenters. The van der Waals surface area contributed by atoms with Crippen LogP contribution in [0.15, 0.2) is 6.20 Å². The molecule has 0 bridgehead atoms. The van der Waals surface area contributed by atoms with Gasteiger partial charge in [-0.15, -0.1) is 5.10 Å². The highest BCUT2D eigenvalue weighted by Crippen LogP contribution is 2.11. The average molecular weight is 659 g/mol. The number of hydrogen-bond acceptors (Lipinski definition) is 18. The first-order chi connectivity index (χ1) is 21.4. The molecule has 0 fully saturated rings. The van der Waals surface area contributed by atoms with E-state index < -0.39 is 62.0 Å². The van der Waals surface area contributed by atoms with E-state index in [0.717, 1.165) is 0 Å². The Labute approximate surface area is 260 Å². The van der Waals surface area contributed by atoms with Crippen molar-refractivity contribution in [2.75, 3.05) is 79.1 Å². The summed E-state index contributed by atoms with van der Waals surface area (Å²) in [4.78, 5) is 12.4. The van der Waals surface area contributed by atoms with E-state index in [1.807, 2.05) is 0 Å². The van der Waals surface area contributed by atoms with E-state index in [9.17, 15) is 45.6 Å². The van der Waals surface area contributed by atoms with Crippen molar-refractivity contribution in [1.82, 2.24) is 19.9 Å². The van der Waals surface area contributed by atoms with Gasteiger partial charge in [0, 0.05) is 19.6 Å². The van der Waals surface area contributed by atoms with Gasteiger partial charge in [-0.3, -0.25) is 9.69 Å². The fourth-order valence-corrected chi connectivity index (χ4v) is 3.87. The van der Waals surface area contributed by atoms with Crippen molar-refractivity contribution in [2.45, 2.75) is 68.9 Å². The largest absolute Gasteiger partial charge is 0.394 e. The van der Waals surface area contributed by atoms with Gasteiger partial charge in [-0.1, -0.05) is 5.21 Å². The smallest absolute Gasteiger partial charge is 0.151 e. The van der Waals surface area contributed by atoms with E-state index in [2.05, 4.69) is 10.3 Å². The molecule has 19 heteroatoms. The minimum atomic E-state index is -1.87. The number of rotatable bonds is 28. The molecule has 0 spiro atoms. The van der Waals surface area contributed by atoms with E-state index in [4.69, 9.17) is 29.2 Å². The molecule has 0 saturated carbocycles. The third kappa shape index (κ3) is 17.1. The van der Waals surface area contributed by atoms with Gasteiger partial charge >= 0.3 is 0 Å². The Morgan fingerprint density at radius 3 is 1.58 bits per heavy atom. The lowest BCUT2D eigenvalue weighted by Gasteiger charge is -2.33. The van der Waals surface area contributed by atoms with Gasteiger partial charge in [-0.25, -0.2) is 4.68 Å². The Balaban J connectivity index is 2.33. The van der Waals surface area contributed by atoms with Gasteiger partial charge in [0.05, 0.1) is 84.5 Å². The molecule has 0 aromatic carbocycles. The molecule has 1 rings (SSSR count). The number of aliphatic hydroxyl groups excluding tert-OH is 10. The van der Waals surface area contributed by atoms with Crippen molar-refractivity contribution in [3.05, 3.63) is 11.9 Å². The molecule has 19 nitrogen and oxygen atoms in total. The van der Waals surface area contributed by atoms with E-state index in [1.54, 1.807) is 6.20 Å². The second-order valence-corrected chi connectivity index (χ2v) is 10.4. The van der Waals surface area contributed by atoms with Crippen molar-refractivity contribution in [3.63, 3.8) is 0 Å². The topological polar surface area (TPSA) is 290 Å². The van der Waals surface area contributed by atoms with Gasteiger partial charge in [-0.05, 0) is 6.92 Å². The van der Waals surface area contributed by atoms with Crippen molar-refractivity contribution < 1.29 is 74.8 Å². The Morgan fingerprint density at radius 1 is 0.711 bits per heavy atom. The van der Waals surface area contributed by atoms with Gasteiger partial charge < -0.3 is 70.0 Å². The van der Waals surface area contributed by atoms with Crippen LogP contribution in [0.3, 0.4) is 0 Å². The zero-order valence-electron chi connectivity index (χ0n) is 25.4. The van der Waals surface area contributed by atoms with Crippen LogP contribution in [0, 0.1) is 0 Å². The number of nitrogens with zero attached hydrogens (tertiary/aromatic N) is 4. The molecule has 0 saturated heterocycles. The number of Topliss-reactive ketones (excluding diaryl/α,β-unsaturated/α-hetero) is 1. The first-order valence-electron chi connectivity index (χ1n) is 14.5. The summed E-state index contributed by atoms with van der Waals surface area (Å²) in [6, 6.07) is 0. The number of ether oxygens (including phenoxy) is 4. The van der Waals surface area contributed by atoms with Crippen LogP contribution in [0.25, 0.3) is 0 Å². The predicted molar refractivity (Wildman–Crippen MR) is 151 cm³/mol. The lowest BCUT2D eigenvalue weighted by Crippen LogP contribution is -2.53. The second kappa shape index (κ2) is 23.5. The molecule has 264 valence electrons. The molecule has 0 unspecified atom stereocenters. The van der Waals surface area contributed by atoms with Crippen LogP contribution in [0.1, 0.15) is 12.6 Å². The first kappa shape index (κ1) is 41.2. The van der Waals surface area contributed by atoms with Crippen LogP contribution in [-0.2, 0) is 36.9 Å². The average Bonchev–Trinajstić information content (AvgIpc) is 3.46. The molecular weight excluding hydrogens is 608 g/mol. The molecule has 1 aromatic rings. The quantitative estimate of drug-likeness (QED) is 0.0374. The summed E-state index contributed by atoms with van der Waals surface area (Å²) in [6.07, 6.45) is -12.6. The van der Waals surface area contributed by atoms with E-state index >= 15 is 0 Å². The lowest BCUT2D eigenvalue weighted by atomic mass is 10.0. The highest BCUT2D eigenvalue weighted by molar-refractivity contribution is 5.75. The van der Waals surface area contributed by atoms with Crippen molar-refractivity contribution in [3.8, 4) is 0 Å². The van der Waals surface area contributed by atoms with Crippen LogP contribution in [-0.4, -0.2) is 205 Å². The number of ketones is 1. The molecule has 10 N–H and O–H groups in total. The maximum atomic E-state index is 11.1. The number of carbonyl (C=O) groups is 1. The maximum Gasteiger partial charge on any atom is 0.151 e. The maximum absolute atomic E-state index is 11.1. The summed E-state index contributed by atoms with van der Waals surface area (Å²) in [5.41, 5.74) is 0.596. The summed E-state index contributed by atoms with van der Waals surface area (Å²) in [7, 11) is 0. The third-order valence-corrected chi connectivity index (χ3v) is 6.43. The van der Waals surface area contributed by atoms with Crippen LogP contribution >= 0.6 is 0 Å². The van der Waals surface area contributed by atoms with E-state index in [0.29, 0.717) is 25.5 Å². The number of hydrogen-bond donors (Lipinski definition) is 10. The molecular formula is C26H50N4O15. The fraction of sp³-hybridized carbons (Fsp3) is 0.885. The number of aliphatic hydroxyl groups is 10. The minimum Gasteiger partial charge on any atom is -0.394 e. The summed E-state index contributed by atoms with van der Waals surface area (Å²) >= 11 is 0. The monoisotopic (exact) mass is 658 g/mol. The van der Waals surface area contributed by atoms with E-state index in [-0.39, 0.29) is 65.0 Å². The normalized spacial score (nSPS) is 17.5. The Hall–Kier alpha value is -1.79. The van der Waals surface area contributed by atoms with Gasteiger partial charge in [0.2, 0.25) is 0 Å². The SMILES string of the molecule is CC(=O)Cn1cc(COCCOCCOCCOCCN(C[C@H](O)[C@@H](O)[C@H](O)[C@H](O)CO)C[C@H](O)[C@@H](O)[C@H](O)[C@H](O)CO)nn1. The molecule has 0 amide bonds.